The van der Waals surface area contributed by atoms with Gasteiger partial charge in [0.15, 0.2) is 0 Å². The lowest BCUT2D eigenvalue weighted by Gasteiger charge is -2.15. The summed E-state index contributed by atoms with van der Waals surface area (Å²) < 4.78 is 25.0. The van der Waals surface area contributed by atoms with E-state index in [1.807, 2.05) is 0 Å². The van der Waals surface area contributed by atoms with Crippen molar-refractivity contribution in [2.24, 2.45) is 0 Å². The molecule has 0 saturated carbocycles. The zero-order valence-corrected chi connectivity index (χ0v) is 13.5. The van der Waals surface area contributed by atoms with Gasteiger partial charge in [-0.3, -0.25) is 4.21 Å². The van der Waals surface area contributed by atoms with Crippen LogP contribution in [0.2, 0.25) is 0 Å². The third-order valence-electron chi connectivity index (χ3n) is 3.22. The molecule has 7 heteroatoms. The van der Waals surface area contributed by atoms with E-state index in [0.29, 0.717) is 0 Å². The van der Waals surface area contributed by atoms with Crippen molar-refractivity contribution in [1.29, 1.82) is 0 Å². The molecule has 1 unspecified atom stereocenters. The van der Waals surface area contributed by atoms with Gasteiger partial charge in [-0.25, -0.2) is 9.18 Å². The molecule has 0 bridgehead atoms. The van der Waals surface area contributed by atoms with Crippen LogP contribution in [0.4, 0.5) is 14.9 Å². The first-order chi connectivity index (χ1) is 10.9. The molecule has 2 rings (SSSR count). The van der Waals surface area contributed by atoms with Crippen molar-refractivity contribution < 1.29 is 18.5 Å². The van der Waals surface area contributed by atoms with Gasteiger partial charge < -0.3 is 15.7 Å². The van der Waals surface area contributed by atoms with Gasteiger partial charge in [-0.15, -0.1) is 0 Å². The summed E-state index contributed by atoms with van der Waals surface area (Å²) in [6.45, 7) is 1.76. The van der Waals surface area contributed by atoms with Crippen molar-refractivity contribution in [1.82, 2.24) is 5.32 Å². The number of nitrogens with one attached hydrogen (secondary N) is 2. The molecule has 0 heterocycles. The Morgan fingerprint density at radius 3 is 2.61 bits per heavy atom. The molecular formula is C16H17FN2O3S. The van der Waals surface area contributed by atoms with Crippen molar-refractivity contribution >= 4 is 22.5 Å². The van der Waals surface area contributed by atoms with Crippen molar-refractivity contribution in [3.63, 3.8) is 0 Å². The minimum Gasteiger partial charge on any atom is -0.508 e. The Bertz CT molecular complexity index is 752. The predicted molar refractivity (Wildman–Crippen MR) is 87.4 cm³/mol. The Labute approximate surface area is 136 Å². The number of urea groups is 1. The van der Waals surface area contributed by atoms with Crippen LogP contribution in [0, 0.1) is 5.82 Å². The van der Waals surface area contributed by atoms with Crippen LogP contribution in [-0.4, -0.2) is 21.6 Å². The van der Waals surface area contributed by atoms with Crippen molar-refractivity contribution in [3.05, 3.63) is 53.8 Å². The smallest absolute Gasteiger partial charge is 0.319 e. The van der Waals surface area contributed by atoms with E-state index in [1.165, 1.54) is 24.5 Å². The number of hydrogen-bond acceptors (Lipinski definition) is 3. The summed E-state index contributed by atoms with van der Waals surface area (Å²) in [6, 6.07) is 9.68. The Morgan fingerprint density at radius 2 is 2.00 bits per heavy atom. The van der Waals surface area contributed by atoms with Gasteiger partial charge in [0.05, 0.1) is 21.7 Å². The van der Waals surface area contributed by atoms with E-state index >= 15 is 0 Å². The summed E-state index contributed by atoms with van der Waals surface area (Å²) in [7, 11) is -1.42. The number of phenolic OH excluding ortho intramolecular Hbond substituents is 1. The summed E-state index contributed by atoms with van der Waals surface area (Å²) in [5, 5.41) is 14.6. The van der Waals surface area contributed by atoms with Gasteiger partial charge in [-0.1, -0.05) is 12.1 Å². The topological polar surface area (TPSA) is 78.4 Å². The van der Waals surface area contributed by atoms with E-state index in [1.54, 1.807) is 25.1 Å². The third-order valence-corrected chi connectivity index (χ3v) is 4.17. The molecule has 23 heavy (non-hydrogen) atoms. The molecule has 0 radical (unpaired) electrons. The highest BCUT2D eigenvalue weighted by Crippen LogP contribution is 2.19. The van der Waals surface area contributed by atoms with E-state index in [9.17, 15) is 18.5 Å². The van der Waals surface area contributed by atoms with Gasteiger partial charge in [-0.2, -0.15) is 0 Å². The first-order valence-electron chi connectivity index (χ1n) is 6.86. The van der Waals surface area contributed by atoms with Crippen LogP contribution in [0.1, 0.15) is 18.5 Å². The van der Waals surface area contributed by atoms with E-state index in [2.05, 4.69) is 10.6 Å². The maximum atomic E-state index is 13.7. The minimum absolute atomic E-state index is 0.0871. The van der Waals surface area contributed by atoms with E-state index in [4.69, 9.17) is 0 Å². The largest absolute Gasteiger partial charge is 0.508 e. The predicted octanol–water partition coefficient (Wildman–Crippen LogP) is 3.15. The van der Waals surface area contributed by atoms with E-state index in [0.717, 1.165) is 11.6 Å². The number of phenols is 1. The molecule has 0 fully saturated rings. The Balaban J connectivity index is 2.02. The molecule has 0 aliphatic heterocycles. The quantitative estimate of drug-likeness (QED) is 0.802. The van der Waals surface area contributed by atoms with Crippen molar-refractivity contribution in [3.8, 4) is 5.75 Å². The molecule has 0 saturated heterocycles. The molecule has 0 aliphatic carbocycles. The summed E-state index contributed by atoms with van der Waals surface area (Å²) >= 11 is 0. The fraction of sp³-hybridized carbons (Fsp3) is 0.188. The molecule has 122 valence electrons. The van der Waals surface area contributed by atoms with Crippen LogP contribution >= 0.6 is 0 Å². The second-order valence-corrected chi connectivity index (χ2v) is 6.36. The van der Waals surface area contributed by atoms with Crippen LogP contribution in [0.3, 0.4) is 0 Å². The first kappa shape index (κ1) is 17.0. The molecule has 0 aliphatic rings. The van der Waals surface area contributed by atoms with Gasteiger partial charge in [0, 0.05) is 11.9 Å². The number of halogens is 1. The number of aromatic hydroxyl groups is 1. The Morgan fingerprint density at radius 1 is 1.26 bits per heavy atom. The standard InChI is InChI=1S/C16H17FN2O3S/c1-10(11-4-3-5-13(20)8-11)18-16(21)19-12-6-7-15(23(2)22)14(17)9-12/h3-10,20H,1-2H3,(H2,18,19,21)/t10-,23?/m0/s1. The molecule has 2 amide bonds. The molecular weight excluding hydrogens is 319 g/mol. The second-order valence-electron chi connectivity index (χ2n) is 5.01. The SMILES string of the molecule is C[C@H](NC(=O)Nc1ccc(S(C)=O)c(F)c1)c1cccc(O)c1. The number of benzene rings is 2. The molecule has 0 aromatic heterocycles. The lowest BCUT2D eigenvalue weighted by Crippen LogP contribution is -2.31. The fourth-order valence-corrected chi connectivity index (χ4v) is 2.65. The van der Waals surface area contributed by atoms with Gasteiger partial charge in [0.2, 0.25) is 0 Å². The summed E-state index contributed by atoms with van der Waals surface area (Å²) in [5.41, 5.74) is 1.00. The molecule has 5 nitrogen and oxygen atoms in total. The zero-order chi connectivity index (χ0) is 17.0. The highest BCUT2D eigenvalue weighted by Gasteiger charge is 2.12. The Hall–Kier alpha value is -2.41. The summed E-state index contributed by atoms with van der Waals surface area (Å²) in [5.74, 6) is -0.522. The fourth-order valence-electron chi connectivity index (χ4n) is 2.05. The highest BCUT2D eigenvalue weighted by atomic mass is 32.2. The monoisotopic (exact) mass is 336 g/mol. The average Bonchev–Trinajstić information content (AvgIpc) is 2.46. The van der Waals surface area contributed by atoms with Gasteiger partial charge in [0.1, 0.15) is 11.6 Å². The lowest BCUT2D eigenvalue weighted by atomic mass is 10.1. The molecule has 2 aromatic rings. The van der Waals surface area contributed by atoms with Crippen LogP contribution < -0.4 is 10.6 Å². The van der Waals surface area contributed by atoms with Crippen LogP contribution in [0.15, 0.2) is 47.4 Å². The van der Waals surface area contributed by atoms with Crippen LogP contribution in [0.5, 0.6) is 5.75 Å². The van der Waals surface area contributed by atoms with E-state index in [-0.39, 0.29) is 22.4 Å². The molecule has 2 aromatic carbocycles. The lowest BCUT2D eigenvalue weighted by molar-refractivity contribution is 0.249. The minimum atomic E-state index is -1.42. The Kier molecular flexibility index (Phi) is 5.33. The number of rotatable bonds is 4. The molecule has 2 atom stereocenters. The number of amides is 2. The number of anilines is 1. The first-order valence-corrected chi connectivity index (χ1v) is 8.42. The van der Waals surface area contributed by atoms with Gasteiger partial charge in [0.25, 0.3) is 0 Å². The van der Waals surface area contributed by atoms with Crippen molar-refractivity contribution in [2.45, 2.75) is 17.9 Å². The average molecular weight is 336 g/mol. The highest BCUT2D eigenvalue weighted by molar-refractivity contribution is 7.84. The van der Waals surface area contributed by atoms with Crippen molar-refractivity contribution in [2.75, 3.05) is 11.6 Å². The third kappa shape index (κ3) is 4.53. The van der Waals surface area contributed by atoms with Crippen LogP contribution in [-0.2, 0) is 10.8 Å². The second kappa shape index (κ2) is 7.23. The van der Waals surface area contributed by atoms with Crippen LogP contribution in [0.25, 0.3) is 0 Å². The summed E-state index contributed by atoms with van der Waals surface area (Å²) in [4.78, 5) is 12.0. The van der Waals surface area contributed by atoms with Gasteiger partial charge >= 0.3 is 6.03 Å². The van der Waals surface area contributed by atoms with Gasteiger partial charge in [-0.05, 0) is 42.8 Å². The molecule has 3 N–H and O–H groups in total. The number of hydrogen-bond donors (Lipinski definition) is 3. The number of carbonyl (C=O) groups is 1. The summed E-state index contributed by atoms with van der Waals surface area (Å²) in [6.07, 6.45) is 1.38. The normalized spacial score (nSPS) is 13.2. The maximum Gasteiger partial charge on any atom is 0.319 e. The van der Waals surface area contributed by atoms with E-state index < -0.39 is 22.6 Å². The molecule has 0 spiro atoms. The maximum absolute atomic E-state index is 13.7. The zero-order valence-electron chi connectivity index (χ0n) is 12.7. The number of carbonyl (C=O) groups excluding carboxylic acids is 1.